The molecule has 1 aromatic heterocycles. The first-order valence-electron chi connectivity index (χ1n) is 7.07. The van der Waals surface area contributed by atoms with Crippen molar-refractivity contribution in [2.45, 2.75) is 18.7 Å². The van der Waals surface area contributed by atoms with Crippen LogP contribution < -0.4 is 9.03 Å². The molecule has 0 aliphatic rings. The number of rotatable bonds is 7. The van der Waals surface area contributed by atoms with Crippen molar-refractivity contribution >= 4 is 25.9 Å². The molecule has 8 nitrogen and oxygen atoms in total. The summed E-state index contributed by atoms with van der Waals surface area (Å²) in [5, 5.41) is 3.66. The molecular formula is C14H19N3O5S2. The molecule has 1 heterocycles. The molecule has 132 valence electrons. The molecule has 2 aromatic rings. The van der Waals surface area contributed by atoms with E-state index >= 15 is 0 Å². The molecule has 24 heavy (non-hydrogen) atoms. The molecule has 2 rings (SSSR count). The zero-order valence-corrected chi connectivity index (χ0v) is 15.2. The fraction of sp³-hybridized carbons (Fsp3) is 0.357. The SMILES string of the molecule is Cc1cccc(S(=O)(=O)NCCN(c2cc(C)on2)S(C)(=O)=O)c1. The van der Waals surface area contributed by atoms with Gasteiger partial charge >= 0.3 is 0 Å². The highest BCUT2D eigenvalue weighted by Crippen LogP contribution is 2.16. The number of nitrogens with zero attached hydrogens (tertiary/aromatic N) is 2. The van der Waals surface area contributed by atoms with Crippen LogP contribution in [0.5, 0.6) is 0 Å². The first kappa shape index (κ1) is 18.4. The largest absolute Gasteiger partial charge is 0.360 e. The zero-order chi connectivity index (χ0) is 18.0. The Morgan fingerprint density at radius 2 is 1.88 bits per heavy atom. The number of aromatic nitrogens is 1. The van der Waals surface area contributed by atoms with E-state index in [4.69, 9.17) is 4.52 Å². The predicted octanol–water partition coefficient (Wildman–Crippen LogP) is 1.04. The number of benzene rings is 1. The Morgan fingerprint density at radius 3 is 2.42 bits per heavy atom. The lowest BCUT2D eigenvalue weighted by Crippen LogP contribution is -2.38. The lowest BCUT2D eigenvalue weighted by molar-refractivity contribution is 0.398. The molecule has 0 unspecified atom stereocenters. The summed E-state index contributed by atoms with van der Waals surface area (Å²) in [6, 6.07) is 7.92. The monoisotopic (exact) mass is 373 g/mol. The smallest absolute Gasteiger partial charge is 0.240 e. The first-order chi connectivity index (χ1) is 11.1. The highest BCUT2D eigenvalue weighted by molar-refractivity contribution is 7.92. The van der Waals surface area contributed by atoms with Crippen LogP contribution in [0.1, 0.15) is 11.3 Å². The normalized spacial score (nSPS) is 12.3. The second-order valence-corrected chi connectivity index (χ2v) is 9.02. The maximum absolute atomic E-state index is 12.2. The van der Waals surface area contributed by atoms with E-state index in [2.05, 4.69) is 9.88 Å². The summed E-state index contributed by atoms with van der Waals surface area (Å²) in [4.78, 5) is 0.130. The van der Waals surface area contributed by atoms with E-state index in [1.165, 1.54) is 18.2 Å². The van der Waals surface area contributed by atoms with Crippen LogP contribution in [0.15, 0.2) is 39.8 Å². The van der Waals surface area contributed by atoms with Crippen LogP contribution in [0.4, 0.5) is 5.82 Å². The maximum Gasteiger partial charge on any atom is 0.240 e. The lowest BCUT2D eigenvalue weighted by atomic mass is 10.2. The fourth-order valence-electron chi connectivity index (χ4n) is 2.07. The molecule has 1 N–H and O–H groups in total. The van der Waals surface area contributed by atoms with Gasteiger partial charge in [-0.05, 0) is 31.5 Å². The van der Waals surface area contributed by atoms with Crippen LogP contribution in [0.25, 0.3) is 0 Å². The van der Waals surface area contributed by atoms with Crippen LogP contribution in [-0.2, 0) is 20.0 Å². The van der Waals surface area contributed by atoms with Gasteiger partial charge in [0, 0.05) is 19.2 Å². The summed E-state index contributed by atoms with van der Waals surface area (Å²) in [5.41, 5.74) is 0.814. The summed E-state index contributed by atoms with van der Waals surface area (Å²) in [5.74, 6) is 0.573. The molecule has 0 saturated heterocycles. The summed E-state index contributed by atoms with van der Waals surface area (Å²) in [6.45, 7) is 3.22. The Kier molecular flexibility index (Phi) is 5.31. The molecule has 0 radical (unpaired) electrons. The van der Waals surface area contributed by atoms with E-state index in [0.717, 1.165) is 16.1 Å². The number of aryl methyl sites for hydroxylation is 2. The number of sulfonamides is 2. The second kappa shape index (κ2) is 6.91. The van der Waals surface area contributed by atoms with E-state index in [-0.39, 0.29) is 23.8 Å². The van der Waals surface area contributed by atoms with Gasteiger partial charge in [-0.3, -0.25) is 0 Å². The van der Waals surface area contributed by atoms with Gasteiger partial charge < -0.3 is 4.52 Å². The molecular weight excluding hydrogens is 354 g/mol. The molecule has 0 atom stereocenters. The van der Waals surface area contributed by atoms with Crippen molar-refractivity contribution in [3.63, 3.8) is 0 Å². The van der Waals surface area contributed by atoms with Crippen molar-refractivity contribution in [2.75, 3.05) is 23.7 Å². The quantitative estimate of drug-likeness (QED) is 0.776. The first-order valence-corrected chi connectivity index (χ1v) is 10.4. The van der Waals surface area contributed by atoms with Crippen LogP contribution in [0, 0.1) is 13.8 Å². The third-order valence-corrected chi connectivity index (χ3v) is 5.81. The standard InChI is InChI=1S/C14H19N3O5S2/c1-11-5-4-6-13(9-11)24(20,21)15-7-8-17(23(3,18)19)14-10-12(2)22-16-14/h4-6,9-10,15H,7-8H2,1-3H3. The number of nitrogens with one attached hydrogen (secondary N) is 1. The Labute approximate surface area is 141 Å². The van der Waals surface area contributed by atoms with Crippen molar-refractivity contribution in [1.82, 2.24) is 9.88 Å². The van der Waals surface area contributed by atoms with Crippen LogP contribution >= 0.6 is 0 Å². The van der Waals surface area contributed by atoms with Gasteiger partial charge in [0.15, 0.2) is 5.82 Å². The average molecular weight is 373 g/mol. The molecule has 0 bridgehead atoms. The molecule has 1 aromatic carbocycles. The van der Waals surface area contributed by atoms with Gasteiger partial charge in [0.25, 0.3) is 0 Å². The van der Waals surface area contributed by atoms with Gasteiger partial charge in [-0.2, -0.15) is 0 Å². The van der Waals surface area contributed by atoms with E-state index in [9.17, 15) is 16.8 Å². The second-order valence-electron chi connectivity index (χ2n) is 5.35. The Morgan fingerprint density at radius 1 is 1.17 bits per heavy atom. The van der Waals surface area contributed by atoms with Gasteiger partial charge in [0.2, 0.25) is 20.0 Å². The molecule has 0 aliphatic carbocycles. The van der Waals surface area contributed by atoms with Gasteiger partial charge in [0.1, 0.15) is 5.76 Å². The lowest BCUT2D eigenvalue weighted by Gasteiger charge is -2.19. The highest BCUT2D eigenvalue weighted by atomic mass is 32.2. The summed E-state index contributed by atoms with van der Waals surface area (Å²) in [6.07, 6.45) is 1.02. The third-order valence-electron chi connectivity index (χ3n) is 3.18. The molecule has 10 heteroatoms. The molecule has 0 aliphatic heterocycles. The molecule has 0 fully saturated rings. The number of anilines is 1. The van der Waals surface area contributed by atoms with Crippen LogP contribution in [0.2, 0.25) is 0 Å². The average Bonchev–Trinajstić information content (AvgIpc) is 2.88. The van der Waals surface area contributed by atoms with Gasteiger partial charge in [-0.15, -0.1) is 0 Å². The van der Waals surface area contributed by atoms with Gasteiger partial charge in [0.05, 0.1) is 11.2 Å². The Hall–Kier alpha value is -1.91. The van der Waals surface area contributed by atoms with Gasteiger partial charge in [-0.25, -0.2) is 25.9 Å². The fourth-order valence-corrected chi connectivity index (χ4v) is 4.04. The van der Waals surface area contributed by atoms with Crippen LogP contribution in [-0.4, -0.2) is 41.3 Å². The van der Waals surface area contributed by atoms with E-state index < -0.39 is 20.0 Å². The third kappa shape index (κ3) is 4.56. The number of hydrogen-bond donors (Lipinski definition) is 1. The minimum absolute atomic E-state index is 0.101. The Balaban J connectivity index is 2.10. The Bertz CT molecular complexity index is 919. The van der Waals surface area contributed by atoms with Crippen molar-refractivity contribution in [1.29, 1.82) is 0 Å². The molecule has 0 amide bonds. The van der Waals surface area contributed by atoms with Crippen molar-refractivity contribution < 1.29 is 21.4 Å². The summed E-state index contributed by atoms with van der Waals surface area (Å²) in [7, 11) is -7.33. The molecule has 0 spiro atoms. The highest BCUT2D eigenvalue weighted by Gasteiger charge is 2.22. The number of hydrogen-bond acceptors (Lipinski definition) is 6. The molecule has 0 saturated carbocycles. The zero-order valence-electron chi connectivity index (χ0n) is 13.6. The minimum Gasteiger partial charge on any atom is -0.360 e. The minimum atomic E-state index is -3.72. The van der Waals surface area contributed by atoms with Gasteiger partial charge in [-0.1, -0.05) is 17.3 Å². The summed E-state index contributed by atoms with van der Waals surface area (Å²) < 4.78 is 56.5. The van der Waals surface area contributed by atoms with Crippen molar-refractivity contribution in [3.8, 4) is 0 Å². The van der Waals surface area contributed by atoms with E-state index in [0.29, 0.717) is 5.76 Å². The predicted molar refractivity (Wildman–Crippen MR) is 89.8 cm³/mol. The topological polar surface area (TPSA) is 110 Å². The van der Waals surface area contributed by atoms with Crippen LogP contribution in [0.3, 0.4) is 0 Å². The van der Waals surface area contributed by atoms with E-state index in [1.807, 2.05) is 0 Å². The van der Waals surface area contributed by atoms with Crippen molar-refractivity contribution in [2.24, 2.45) is 0 Å². The maximum atomic E-state index is 12.2. The summed E-state index contributed by atoms with van der Waals surface area (Å²) >= 11 is 0. The van der Waals surface area contributed by atoms with E-state index in [1.54, 1.807) is 26.0 Å². The van der Waals surface area contributed by atoms with Crippen molar-refractivity contribution in [3.05, 3.63) is 41.7 Å².